The van der Waals surface area contributed by atoms with Gasteiger partial charge in [0.05, 0.1) is 0 Å². The van der Waals surface area contributed by atoms with E-state index in [4.69, 9.17) is 9.47 Å². The molecule has 2 aliphatic rings. The summed E-state index contributed by atoms with van der Waals surface area (Å²) >= 11 is 0. The maximum atomic E-state index is 5.45. The molecule has 5 heteroatoms. The van der Waals surface area contributed by atoms with Gasteiger partial charge in [-0.2, -0.15) is 0 Å². The van der Waals surface area contributed by atoms with Gasteiger partial charge in [0.25, 0.3) is 0 Å². The van der Waals surface area contributed by atoms with Crippen molar-refractivity contribution in [1.82, 2.24) is 9.88 Å². The fraction of sp³-hybridized carbons (Fsp3) is 0.364. The van der Waals surface area contributed by atoms with Crippen molar-refractivity contribution in [3.8, 4) is 11.5 Å². The lowest BCUT2D eigenvalue weighted by atomic mass is 9.89. The van der Waals surface area contributed by atoms with E-state index >= 15 is 0 Å². The second-order valence-electron chi connectivity index (χ2n) is 7.27. The van der Waals surface area contributed by atoms with E-state index in [2.05, 4.69) is 46.6 Å². The summed E-state index contributed by atoms with van der Waals surface area (Å²) in [6.45, 7) is 2.66. The number of benzene rings is 2. The van der Waals surface area contributed by atoms with Gasteiger partial charge in [-0.25, -0.2) is 0 Å². The van der Waals surface area contributed by atoms with Crippen LogP contribution in [0.4, 0.5) is 11.4 Å². The van der Waals surface area contributed by atoms with Gasteiger partial charge in [-0.3, -0.25) is 0 Å². The molecule has 3 heterocycles. The Hall–Kier alpha value is -2.66. The van der Waals surface area contributed by atoms with Crippen LogP contribution < -0.4 is 14.8 Å². The molecular weight excluding hydrogens is 338 g/mol. The van der Waals surface area contributed by atoms with Crippen LogP contribution in [0.25, 0.3) is 10.9 Å². The van der Waals surface area contributed by atoms with Crippen molar-refractivity contribution >= 4 is 22.3 Å². The SMILES string of the molecule is C.CN1CCC(c2c[nH]c3cc(Nc4ccc5c(c4)OCO5)ccc23)CC1. The number of nitrogens with one attached hydrogen (secondary N) is 2. The molecule has 0 atom stereocenters. The Labute approximate surface area is 160 Å². The van der Waals surface area contributed by atoms with E-state index in [9.17, 15) is 0 Å². The first-order chi connectivity index (χ1) is 12.8. The molecule has 0 aliphatic carbocycles. The first-order valence-electron chi connectivity index (χ1n) is 9.22. The van der Waals surface area contributed by atoms with Crippen molar-refractivity contribution in [1.29, 1.82) is 0 Å². The van der Waals surface area contributed by atoms with Crippen LogP contribution in [0.2, 0.25) is 0 Å². The van der Waals surface area contributed by atoms with Crippen LogP contribution in [-0.2, 0) is 0 Å². The first-order valence-corrected chi connectivity index (χ1v) is 9.22. The molecule has 142 valence electrons. The Morgan fingerprint density at radius 3 is 2.59 bits per heavy atom. The highest BCUT2D eigenvalue weighted by Crippen LogP contribution is 2.36. The van der Waals surface area contributed by atoms with Gasteiger partial charge in [-0.1, -0.05) is 13.5 Å². The summed E-state index contributed by atoms with van der Waals surface area (Å²) in [6, 6.07) is 12.5. The molecule has 5 rings (SSSR count). The minimum Gasteiger partial charge on any atom is -0.454 e. The summed E-state index contributed by atoms with van der Waals surface area (Å²) in [4.78, 5) is 5.88. The van der Waals surface area contributed by atoms with Crippen LogP contribution >= 0.6 is 0 Å². The Morgan fingerprint density at radius 2 is 1.74 bits per heavy atom. The summed E-state index contributed by atoms with van der Waals surface area (Å²) in [5.41, 5.74) is 4.70. The minimum atomic E-state index is 0. The average Bonchev–Trinajstić information content (AvgIpc) is 3.28. The van der Waals surface area contributed by atoms with Crippen LogP contribution in [-0.4, -0.2) is 36.8 Å². The Bertz CT molecular complexity index is 942. The predicted molar refractivity (Wildman–Crippen MR) is 110 cm³/mol. The molecule has 2 N–H and O–H groups in total. The number of aromatic nitrogens is 1. The number of anilines is 2. The van der Waals surface area contributed by atoms with Crippen molar-refractivity contribution in [2.45, 2.75) is 26.2 Å². The van der Waals surface area contributed by atoms with Gasteiger partial charge in [-0.15, -0.1) is 0 Å². The molecule has 0 amide bonds. The van der Waals surface area contributed by atoms with E-state index in [0.717, 1.165) is 22.9 Å². The lowest BCUT2D eigenvalue weighted by molar-refractivity contribution is 0.174. The molecule has 0 unspecified atom stereocenters. The van der Waals surface area contributed by atoms with Gasteiger partial charge in [0.1, 0.15) is 0 Å². The molecule has 5 nitrogen and oxygen atoms in total. The maximum Gasteiger partial charge on any atom is 0.231 e. The second kappa shape index (κ2) is 7.16. The zero-order chi connectivity index (χ0) is 17.5. The standard InChI is InChI=1S/C21H23N3O2.CH4/c1-24-8-6-14(7-9-24)18-12-22-19-10-15(2-4-17(18)19)23-16-3-5-20-21(11-16)26-13-25-20;/h2-5,10-12,14,22-23H,6-9,13H2,1H3;1H4. The zero-order valence-corrected chi connectivity index (χ0v) is 14.9. The smallest absolute Gasteiger partial charge is 0.231 e. The molecule has 1 saturated heterocycles. The summed E-state index contributed by atoms with van der Waals surface area (Å²) in [5, 5.41) is 4.80. The number of hydrogen-bond acceptors (Lipinski definition) is 4. The average molecular weight is 365 g/mol. The predicted octanol–water partition coefficient (Wildman–Crippen LogP) is 5.09. The molecule has 0 bridgehead atoms. The third-order valence-electron chi connectivity index (χ3n) is 5.53. The van der Waals surface area contributed by atoms with Gasteiger partial charge in [-0.05, 0) is 68.7 Å². The molecule has 0 spiro atoms. The van der Waals surface area contributed by atoms with Crippen molar-refractivity contribution in [3.63, 3.8) is 0 Å². The number of hydrogen-bond donors (Lipinski definition) is 2. The highest BCUT2D eigenvalue weighted by atomic mass is 16.7. The van der Waals surface area contributed by atoms with Crippen LogP contribution in [0.15, 0.2) is 42.6 Å². The molecule has 1 aromatic heterocycles. The van der Waals surface area contributed by atoms with Crippen LogP contribution in [0, 0.1) is 0 Å². The molecule has 27 heavy (non-hydrogen) atoms. The molecule has 2 aromatic carbocycles. The van der Waals surface area contributed by atoms with Crippen molar-refractivity contribution in [3.05, 3.63) is 48.2 Å². The Balaban J connectivity index is 0.00000180. The largest absolute Gasteiger partial charge is 0.454 e. The highest BCUT2D eigenvalue weighted by Gasteiger charge is 2.21. The van der Waals surface area contributed by atoms with Crippen molar-refractivity contribution < 1.29 is 9.47 Å². The summed E-state index contributed by atoms with van der Waals surface area (Å²) < 4.78 is 10.8. The number of fused-ring (bicyclic) bond motifs is 2. The topological polar surface area (TPSA) is 49.5 Å². The maximum absolute atomic E-state index is 5.45. The van der Waals surface area contributed by atoms with Gasteiger partial charge in [0.2, 0.25) is 6.79 Å². The van der Waals surface area contributed by atoms with E-state index in [1.807, 2.05) is 18.2 Å². The lowest BCUT2D eigenvalue weighted by Gasteiger charge is -2.28. The van der Waals surface area contributed by atoms with E-state index in [0.29, 0.717) is 12.7 Å². The number of H-pyrrole nitrogens is 1. The van der Waals surface area contributed by atoms with Crippen molar-refractivity contribution in [2.24, 2.45) is 0 Å². The highest BCUT2D eigenvalue weighted by molar-refractivity contribution is 5.87. The summed E-state index contributed by atoms with van der Waals surface area (Å²) in [6.07, 6.45) is 4.67. The second-order valence-corrected chi connectivity index (χ2v) is 7.27. The fourth-order valence-corrected chi connectivity index (χ4v) is 4.02. The summed E-state index contributed by atoms with van der Waals surface area (Å²) in [7, 11) is 2.21. The third kappa shape index (κ3) is 3.35. The molecular formula is C22H27N3O2. The number of piperidine rings is 1. The molecule has 1 fully saturated rings. The van der Waals surface area contributed by atoms with Gasteiger partial charge in [0, 0.05) is 34.5 Å². The van der Waals surface area contributed by atoms with E-state index in [-0.39, 0.29) is 7.43 Å². The van der Waals surface area contributed by atoms with Crippen LogP contribution in [0.5, 0.6) is 11.5 Å². The number of nitrogens with zero attached hydrogens (tertiary/aromatic N) is 1. The lowest BCUT2D eigenvalue weighted by Crippen LogP contribution is -2.29. The van der Waals surface area contributed by atoms with Gasteiger partial charge < -0.3 is 24.7 Å². The first kappa shape index (κ1) is 17.7. The van der Waals surface area contributed by atoms with E-state index < -0.39 is 0 Å². The van der Waals surface area contributed by atoms with E-state index in [1.165, 1.54) is 42.4 Å². The van der Waals surface area contributed by atoms with E-state index in [1.54, 1.807) is 0 Å². The minimum absolute atomic E-state index is 0. The zero-order valence-electron chi connectivity index (χ0n) is 14.9. The number of likely N-dealkylation sites (tertiary alicyclic amines) is 1. The molecule has 2 aliphatic heterocycles. The Kier molecular flexibility index (Phi) is 4.70. The number of aromatic amines is 1. The van der Waals surface area contributed by atoms with Crippen molar-refractivity contribution in [2.75, 3.05) is 32.2 Å². The molecule has 3 aromatic rings. The fourth-order valence-electron chi connectivity index (χ4n) is 4.02. The third-order valence-corrected chi connectivity index (χ3v) is 5.53. The normalized spacial score (nSPS) is 17.1. The molecule has 0 radical (unpaired) electrons. The molecule has 0 saturated carbocycles. The van der Waals surface area contributed by atoms with Gasteiger partial charge >= 0.3 is 0 Å². The number of ether oxygens (including phenoxy) is 2. The Morgan fingerprint density at radius 1 is 1.00 bits per heavy atom. The monoisotopic (exact) mass is 365 g/mol. The van der Waals surface area contributed by atoms with Crippen LogP contribution in [0.1, 0.15) is 31.7 Å². The summed E-state index contributed by atoms with van der Waals surface area (Å²) in [5.74, 6) is 2.26. The number of rotatable bonds is 3. The van der Waals surface area contributed by atoms with Crippen LogP contribution in [0.3, 0.4) is 0 Å². The quantitative estimate of drug-likeness (QED) is 0.679. The van der Waals surface area contributed by atoms with Gasteiger partial charge in [0.15, 0.2) is 11.5 Å².